The molecule has 1 aliphatic heterocycles. The molecule has 0 unspecified atom stereocenters. The average Bonchev–Trinajstić information content (AvgIpc) is 3.14. The Morgan fingerprint density at radius 2 is 2.11 bits per heavy atom. The summed E-state index contributed by atoms with van der Waals surface area (Å²) in [7, 11) is -3.87. The molecule has 1 aromatic heterocycles. The van der Waals surface area contributed by atoms with Crippen molar-refractivity contribution in [3.8, 4) is 0 Å². The number of sulfonamides is 1. The number of ether oxygens (including phenoxy) is 1. The third-order valence-corrected chi connectivity index (χ3v) is 8.03. The third kappa shape index (κ3) is 3.17. The number of amides is 1. The highest BCUT2D eigenvalue weighted by atomic mass is 32.2. The van der Waals surface area contributed by atoms with Crippen LogP contribution in [0.4, 0.5) is 0 Å². The zero-order valence-corrected chi connectivity index (χ0v) is 16.4. The smallest absolute Gasteiger partial charge is 0.348 e. The number of carbonyl (C=O) groups excluding carboxylic acids is 2. The molecule has 0 saturated heterocycles. The quantitative estimate of drug-likeness (QED) is 0.731. The van der Waals surface area contributed by atoms with Crippen molar-refractivity contribution >= 4 is 33.2 Å². The predicted molar refractivity (Wildman–Crippen MR) is 100 cm³/mol. The Hall–Kier alpha value is -2.19. The van der Waals surface area contributed by atoms with E-state index in [1.807, 2.05) is 6.07 Å². The van der Waals surface area contributed by atoms with Crippen LogP contribution >= 0.6 is 11.3 Å². The van der Waals surface area contributed by atoms with Gasteiger partial charge in [-0.1, -0.05) is 19.1 Å². The van der Waals surface area contributed by atoms with Crippen LogP contribution in [0.15, 0.2) is 35.2 Å². The molecule has 1 atom stereocenters. The molecule has 6 nitrogen and oxygen atoms in total. The molecule has 2 heterocycles. The van der Waals surface area contributed by atoms with Gasteiger partial charge in [0, 0.05) is 4.88 Å². The molecule has 4 rings (SSSR count). The lowest BCUT2D eigenvalue weighted by Gasteiger charge is -2.16. The maximum atomic E-state index is 12.5. The highest BCUT2D eigenvalue weighted by Crippen LogP contribution is 2.33. The molecule has 2 aliphatic rings. The van der Waals surface area contributed by atoms with Gasteiger partial charge < -0.3 is 4.74 Å². The molecule has 8 heteroatoms. The molecule has 142 valence electrons. The molecule has 0 fully saturated rings. The fourth-order valence-corrected chi connectivity index (χ4v) is 6.21. The summed E-state index contributed by atoms with van der Waals surface area (Å²) in [5, 5.41) is 0. The van der Waals surface area contributed by atoms with E-state index in [-0.39, 0.29) is 23.6 Å². The van der Waals surface area contributed by atoms with Crippen molar-refractivity contribution < 1.29 is 22.7 Å². The van der Waals surface area contributed by atoms with E-state index < -0.39 is 21.9 Å². The van der Waals surface area contributed by atoms with Crippen LogP contribution in [0.25, 0.3) is 0 Å². The van der Waals surface area contributed by atoms with Crippen molar-refractivity contribution in [2.75, 3.05) is 13.2 Å². The van der Waals surface area contributed by atoms with Crippen molar-refractivity contribution in [3.05, 3.63) is 51.2 Å². The number of esters is 1. The van der Waals surface area contributed by atoms with Crippen LogP contribution in [0.2, 0.25) is 0 Å². The Bertz CT molecular complexity index is 1020. The van der Waals surface area contributed by atoms with Gasteiger partial charge in [-0.3, -0.25) is 4.79 Å². The lowest BCUT2D eigenvalue weighted by Crippen LogP contribution is -2.33. The van der Waals surface area contributed by atoms with Crippen LogP contribution in [0, 0.1) is 5.92 Å². The summed E-state index contributed by atoms with van der Waals surface area (Å²) < 4.78 is 31.0. The first kappa shape index (κ1) is 18.2. The van der Waals surface area contributed by atoms with Crippen LogP contribution in [0.1, 0.15) is 43.8 Å². The minimum Gasteiger partial charge on any atom is -0.460 e. The highest BCUT2D eigenvalue weighted by molar-refractivity contribution is 7.90. The maximum absolute atomic E-state index is 12.5. The van der Waals surface area contributed by atoms with E-state index in [0.29, 0.717) is 10.8 Å². The van der Waals surface area contributed by atoms with Crippen LogP contribution < -0.4 is 0 Å². The molecule has 1 aromatic carbocycles. The number of hydrogen-bond donors (Lipinski definition) is 0. The van der Waals surface area contributed by atoms with Gasteiger partial charge in [-0.2, -0.15) is 0 Å². The summed E-state index contributed by atoms with van der Waals surface area (Å²) in [6.07, 6.45) is 3.07. The van der Waals surface area contributed by atoms with Crippen LogP contribution in [-0.4, -0.2) is 37.8 Å². The van der Waals surface area contributed by atoms with Crippen molar-refractivity contribution in [2.45, 2.75) is 31.1 Å². The lowest BCUT2D eigenvalue weighted by molar-refractivity contribution is 0.0483. The molecule has 27 heavy (non-hydrogen) atoms. The van der Waals surface area contributed by atoms with Gasteiger partial charge in [0.1, 0.15) is 16.4 Å². The standard InChI is InChI=1S/C19H19NO5S2/c1-12-6-7-15-13(10-12)11-16(26-15)19(22)25-9-8-20-18(21)14-4-2-3-5-17(14)27(20,23)24/h2-5,11-12H,6-10H2,1H3/t12-/m1/s1. The second kappa shape index (κ2) is 6.76. The second-order valence-corrected chi connectivity index (χ2v) is 9.89. The first-order valence-corrected chi connectivity index (χ1v) is 11.1. The normalized spacial score (nSPS) is 20.3. The molecule has 0 spiro atoms. The van der Waals surface area contributed by atoms with Gasteiger partial charge in [0.25, 0.3) is 15.9 Å². The van der Waals surface area contributed by atoms with Gasteiger partial charge in [0.05, 0.1) is 12.1 Å². The number of aryl methyl sites for hydroxylation is 1. The van der Waals surface area contributed by atoms with E-state index in [4.69, 9.17) is 4.74 Å². The van der Waals surface area contributed by atoms with E-state index in [1.165, 1.54) is 33.9 Å². The van der Waals surface area contributed by atoms with Gasteiger partial charge >= 0.3 is 5.97 Å². The summed E-state index contributed by atoms with van der Waals surface area (Å²) in [5.41, 5.74) is 1.36. The molecule has 1 amide bonds. The largest absolute Gasteiger partial charge is 0.460 e. The van der Waals surface area contributed by atoms with Crippen molar-refractivity contribution in [1.82, 2.24) is 4.31 Å². The molecule has 0 radical (unpaired) electrons. The van der Waals surface area contributed by atoms with Gasteiger partial charge in [-0.05, 0) is 48.9 Å². The van der Waals surface area contributed by atoms with Crippen LogP contribution in [0.3, 0.4) is 0 Å². The third-order valence-electron chi connectivity index (χ3n) is 4.97. The van der Waals surface area contributed by atoms with Crippen molar-refractivity contribution in [1.29, 1.82) is 0 Å². The molecule has 0 N–H and O–H groups in total. The van der Waals surface area contributed by atoms with E-state index in [2.05, 4.69) is 6.92 Å². The first-order chi connectivity index (χ1) is 12.9. The molecule has 2 aromatic rings. The minimum atomic E-state index is -3.87. The van der Waals surface area contributed by atoms with Gasteiger partial charge in [0.15, 0.2) is 0 Å². The summed E-state index contributed by atoms with van der Waals surface area (Å²) >= 11 is 1.44. The van der Waals surface area contributed by atoms with Crippen molar-refractivity contribution in [3.63, 3.8) is 0 Å². The minimum absolute atomic E-state index is 0.00128. The summed E-state index contributed by atoms with van der Waals surface area (Å²) in [6.45, 7) is 1.84. The maximum Gasteiger partial charge on any atom is 0.348 e. The number of fused-ring (bicyclic) bond motifs is 2. The topological polar surface area (TPSA) is 80.8 Å². The summed E-state index contributed by atoms with van der Waals surface area (Å²) in [6, 6.07) is 7.97. The number of thiophene rings is 1. The van der Waals surface area contributed by atoms with E-state index in [0.717, 1.165) is 23.6 Å². The fraction of sp³-hybridized carbons (Fsp3) is 0.368. The number of carbonyl (C=O) groups is 2. The van der Waals surface area contributed by atoms with E-state index in [1.54, 1.807) is 12.1 Å². The van der Waals surface area contributed by atoms with Gasteiger partial charge in [0.2, 0.25) is 0 Å². The van der Waals surface area contributed by atoms with Gasteiger partial charge in [-0.25, -0.2) is 17.5 Å². The molecule has 1 aliphatic carbocycles. The number of benzene rings is 1. The zero-order chi connectivity index (χ0) is 19.2. The Labute approximate surface area is 161 Å². The Morgan fingerprint density at radius 3 is 2.89 bits per heavy atom. The van der Waals surface area contributed by atoms with Crippen LogP contribution in [-0.2, 0) is 27.6 Å². The lowest BCUT2D eigenvalue weighted by atomic mass is 9.90. The zero-order valence-electron chi connectivity index (χ0n) is 14.8. The number of nitrogens with zero attached hydrogens (tertiary/aromatic N) is 1. The Kier molecular flexibility index (Phi) is 4.55. The van der Waals surface area contributed by atoms with Gasteiger partial charge in [-0.15, -0.1) is 11.3 Å². The first-order valence-electron chi connectivity index (χ1n) is 8.82. The monoisotopic (exact) mass is 405 g/mol. The summed E-state index contributed by atoms with van der Waals surface area (Å²) in [5.74, 6) is -0.435. The van der Waals surface area contributed by atoms with Crippen LogP contribution in [0.5, 0.6) is 0 Å². The van der Waals surface area contributed by atoms with E-state index in [9.17, 15) is 18.0 Å². The number of hydrogen-bond acceptors (Lipinski definition) is 6. The average molecular weight is 405 g/mol. The molecule has 0 bridgehead atoms. The highest BCUT2D eigenvalue weighted by Gasteiger charge is 2.40. The van der Waals surface area contributed by atoms with Crippen molar-refractivity contribution in [2.24, 2.45) is 5.92 Å². The SMILES string of the molecule is C[C@@H]1CCc2sc(C(=O)OCCN3C(=O)c4ccccc4S3(=O)=O)cc2C1. The fourth-order valence-electron chi connectivity index (χ4n) is 3.55. The number of rotatable bonds is 4. The molecule has 0 saturated carbocycles. The van der Waals surface area contributed by atoms with E-state index >= 15 is 0 Å². The second-order valence-electron chi connectivity index (χ2n) is 6.92. The Morgan fingerprint density at radius 1 is 1.33 bits per heavy atom. The molecular weight excluding hydrogens is 386 g/mol. The predicted octanol–water partition coefficient (Wildman–Crippen LogP) is 2.87. The molecular formula is C19H19NO5S2. The Balaban J connectivity index is 1.41. The summed E-state index contributed by atoms with van der Waals surface area (Å²) in [4.78, 5) is 26.4.